The van der Waals surface area contributed by atoms with Crippen LogP contribution in [0.4, 0.5) is 0 Å². The summed E-state index contributed by atoms with van der Waals surface area (Å²) in [5.74, 6) is 1.47. The molecule has 1 rings (SSSR count). The van der Waals surface area contributed by atoms with Gasteiger partial charge in [0.1, 0.15) is 0 Å². The highest BCUT2D eigenvalue weighted by atomic mass is 16.5. The van der Waals surface area contributed by atoms with E-state index in [1.165, 1.54) is 0 Å². The number of rotatable bonds is 4. The van der Waals surface area contributed by atoms with Crippen molar-refractivity contribution in [2.75, 3.05) is 14.2 Å². The van der Waals surface area contributed by atoms with Crippen LogP contribution in [-0.4, -0.2) is 14.2 Å². The van der Waals surface area contributed by atoms with E-state index in [1.807, 2.05) is 24.6 Å². The van der Waals surface area contributed by atoms with Crippen LogP contribution in [-0.2, 0) is 0 Å². The summed E-state index contributed by atoms with van der Waals surface area (Å²) in [7, 11) is 3.24. The molecule has 2 heteroatoms. The maximum atomic E-state index is 5.14. The van der Waals surface area contributed by atoms with Gasteiger partial charge in [-0.2, -0.15) is 0 Å². The smallest absolute Gasteiger partial charge is 0.161 e. The van der Waals surface area contributed by atoms with Crippen LogP contribution in [0, 0.1) is 6.42 Å². The van der Waals surface area contributed by atoms with Gasteiger partial charge < -0.3 is 9.47 Å². The first-order chi connectivity index (χ1) is 6.31. The van der Waals surface area contributed by atoms with Crippen LogP contribution < -0.4 is 9.47 Å². The van der Waals surface area contributed by atoms with Crippen molar-refractivity contribution in [1.29, 1.82) is 0 Å². The molecule has 1 aromatic carbocycles. The molecule has 0 saturated carbocycles. The molecule has 1 radical (unpaired) electrons. The third-order valence-electron chi connectivity index (χ3n) is 1.72. The highest BCUT2D eigenvalue weighted by molar-refractivity contribution is 5.45. The summed E-state index contributed by atoms with van der Waals surface area (Å²) in [5, 5.41) is 0. The van der Waals surface area contributed by atoms with Gasteiger partial charge in [-0.05, 0) is 17.7 Å². The third kappa shape index (κ3) is 2.25. The first-order valence-corrected chi connectivity index (χ1v) is 3.99. The zero-order chi connectivity index (χ0) is 9.68. The van der Waals surface area contributed by atoms with Crippen LogP contribution in [0.5, 0.6) is 11.5 Å². The Hall–Kier alpha value is -1.44. The van der Waals surface area contributed by atoms with Gasteiger partial charge in [0.2, 0.25) is 0 Å². The van der Waals surface area contributed by atoms with Crippen LogP contribution >= 0.6 is 0 Å². The lowest BCUT2D eigenvalue weighted by Gasteiger charge is -2.08. The minimum Gasteiger partial charge on any atom is -0.493 e. The van der Waals surface area contributed by atoms with Crippen LogP contribution in [0.25, 0.3) is 0 Å². The van der Waals surface area contributed by atoms with Crippen LogP contribution in [0.15, 0.2) is 30.9 Å². The minimum atomic E-state index is 0.734. The lowest BCUT2D eigenvalue weighted by Crippen LogP contribution is -1.91. The molecule has 0 unspecified atom stereocenters. The molecule has 0 aliphatic rings. The van der Waals surface area contributed by atoms with Crippen molar-refractivity contribution in [3.05, 3.63) is 42.8 Å². The Balaban J connectivity index is 2.98. The van der Waals surface area contributed by atoms with Crippen molar-refractivity contribution in [3.63, 3.8) is 0 Å². The van der Waals surface area contributed by atoms with E-state index in [9.17, 15) is 0 Å². The quantitative estimate of drug-likeness (QED) is 0.703. The molecule has 1 aromatic rings. The van der Waals surface area contributed by atoms with Gasteiger partial charge in [0.25, 0.3) is 0 Å². The van der Waals surface area contributed by atoms with E-state index >= 15 is 0 Å². The van der Waals surface area contributed by atoms with E-state index in [4.69, 9.17) is 9.47 Å². The summed E-state index contributed by atoms with van der Waals surface area (Å²) in [5.41, 5.74) is 1.05. The van der Waals surface area contributed by atoms with Gasteiger partial charge in [-0.1, -0.05) is 12.1 Å². The number of allylic oxidation sites excluding steroid dienone is 1. The molecule has 0 aliphatic heterocycles. The minimum absolute atomic E-state index is 0.734. The molecule has 13 heavy (non-hydrogen) atoms. The maximum Gasteiger partial charge on any atom is 0.161 e. The molecule has 0 heterocycles. The number of hydrogen-bond acceptors (Lipinski definition) is 2. The molecule has 0 N–H and O–H groups in total. The summed E-state index contributed by atoms with van der Waals surface area (Å²) in [6.45, 7) is 3.63. The zero-order valence-corrected chi connectivity index (χ0v) is 7.91. The molecule has 69 valence electrons. The van der Waals surface area contributed by atoms with E-state index in [-0.39, 0.29) is 0 Å². The van der Waals surface area contributed by atoms with Crippen LogP contribution in [0.1, 0.15) is 5.56 Å². The van der Waals surface area contributed by atoms with Crippen molar-refractivity contribution in [3.8, 4) is 11.5 Å². The summed E-state index contributed by atoms with van der Waals surface area (Å²) in [6.07, 6.45) is 3.64. The summed E-state index contributed by atoms with van der Waals surface area (Å²) >= 11 is 0. The van der Waals surface area contributed by atoms with Gasteiger partial charge in [-0.3, -0.25) is 0 Å². The molecule has 0 bridgehead atoms. The predicted octanol–water partition coefficient (Wildman–Crippen LogP) is 2.44. The van der Waals surface area contributed by atoms with Crippen molar-refractivity contribution in [1.82, 2.24) is 0 Å². The summed E-state index contributed by atoms with van der Waals surface area (Å²) < 4.78 is 10.2. The molecular formula is C11H13O2. The molecule has 0 fully saturated rings. The Bertz CT molecular complexity index is 292. The third-order valence-corrected chi connectivity index (χ3v) is 1.72. The van der Waals surface area contributed by atoms with Gasteiger partial charge in [-0.25, -0.2) is 0 Å². The molecule has 0 aliphatic carbocycles. The van der Waals surface area contributed by atoms with Crippen LogP contribution in [0.3, 0.4) is 0 Å². The SMILES string of the molecule is C=C[CH]c1ccc(OC)c(OC)c1. The Morgan fingerprint density at radius 1 is 1.15 bits per heavy atom. The van der Waals surface area contributed by atoms with Gasteiger partial charge in [0, 0.05) is 6.42 Å². The number of ether oxygens (including phenoxy) is 2. The van der Waals surface area contributed by atoms with Crippen molar-refractivity contribution < 1.29 is 9.47 Å². The predicted molar refractivity (Wildman–Crippen MR) is 53.1 cm³/mol. The Kier molecular flexibility index (Phi) is 3.38. The largest absolute Gasteiger partial charge is 0.493 e. The average Bonchev–Trinajstić information content (AvgIpc) is 2.18. The standard InChI is InChI=1S/C11H13O2/c1-4-5-9-6-7-10(12-2)11(8-9)13-3/h4-8H,1H2,2-3H3. The van der Waals surface area contributed by atoms with Crippen molar-refractivity contribution in [2.24, 2.45) is 0 Å². The normalized spacial score (nSPS) is 9.38. The molecule has 0 amide bonds. The fraction of sp³-hybridized carbons (Fsp3) is 0.182. The molecule has 0 aromatic heterocycles. The summed E-state index contributed by atoms with van der Waals surface area (Å²) in [4.78, 5) is 0. The molecule has 2 nitrogen and oxygen atoms in total. The zero-order valence-electron chi connectivity index (χ0n) is 7.91. The maximum absolute atomic E-state index is 5.14. The second-order valence-corrected chi connectivity index (χ2v) is 2.52. The highest BCUT2D eigenvalue weighted by Crippen LogP contribution is 2.27. The summed E-state index contributed by atoms with van der Waals surface area (Å²) in [6, 6.07) is 5.72. The molecule has 0 spiro atoms. The number of benzene rings is 1. The fourth-order valence-electron chi connectivity index (χ4n) is 1.09. The van der Waals surface area contributed by atoms with Crippen molar-refractivity contribution >= 4 is 0 Å². The van der Waals surface area contributed by atoms with Gasteiger partial charge in [0.05, 0.1) is 14.2 Å². The Morgan fingerprint density at radius 2 is 1.85 bits per heavy atom. The lowest BCUT2D eigenvalue weighted by molar-refractivity contribution is 0.355. The number of methoxy groups -OCH3 is 2. The van der Waals surface area contributed by atoms with Crippen molar-refractivity contribution in [2.45, 2.75) is 0 Å². The molecule has 0 saturated heterocycles. The lowest BCUT2D eigenvalue weighted by atomic mass is 10.1. The Labute approximate surface area is 78.8 Å². The fourth-order valence-corrected chi connectivity index (χ4v) is 1.09. The first kappa shape index (κ1) is 9.65. The monoisotopic (exact) mass is 177 g/mol. The van der Waals surface area contributed by atoms with E-state index in [1.54, 1.807) is 20.3 Å². The van der Waals surface area contributed by atoms with Gasteiger partial charge in [0.15, 0.2) is 11.5 Å². The number of hydrogen-bond donors (Lipinski definition) is 0. The van der Waals surface area contributed by atoms with E-state index < -0.39 is 0 Å². The highest BCUT2D eigenvalue weighted by Gasteiger charge is 2.02. The molecule has 0 atom stereocenters. The Morgan fingerprint density at radius 3 is 2.38 bits per heavy atom. The average molecular weight is 177 g/mol. The van der Waals surface area contributed by atoms with E-state index in [2.05, 4.69) is 6.58 Å². The van der Waals surface area contributed by atoms with Gasteiger partial charge in [-0.15, -0.1) is 6.58 Å². The molecular weight excluding hydrogens is 164 g/mol. The second kappa shape index (κ2) is 4.55. The van der Waals surface area contributed by atoms with E-state index in [0.29, 0.717) is 0 Å². The second-order valence-electron chi connectivity index (χ2n) is 2.52. The van der Waals surface area contributed by atoms with Gasteiger partial charge >= 0.3 is 0 Å². The van der Waals surface area contributed by atoms with Crippen LogP contribution in [0.2, 0.25) is 0 Å². The van der Waals surface area contributed by atoms with E-state index in [0.717, 1.165) is 17.1 Å². The first-order valence-electron chi connectivity index (χ1n) is 3.99. The topological polar surface area (TPSA) is 18.5 Å².